The topological polar surface area (TPSA) is 71.5 Å². The summed E-state index contributed by atoms with van der Waals surface area (Å²) >= 11 is 0. The van der Waals surface area contributed by atoms with Gasteiger partial charge in [0.15, 0.2) is 5.76 Å². The van der Waals surface area contributed by atoms with Gasteiger partial charge in [-0.15, -0.1) is 0 Å². The highest BCUT2D eigenvalue weighted by Crippen LogP contribution is 2.19. The number of carbonyl (C=O) groups excluding carboxylic acids is 1. The van der Waals surface area contributed by atoms with Crippen LogP contribution in [0.25, 0.3) is 0 Å². The second-order valence-electron chi connectivity index (χ2n) is 5.41. The molecule has 2 aromatic rings. The molecule has 1 amide bonds. The molecule has 3 heterocycles. The molecule has 1 aliphatic rings. The number of hydrogen-bond donors (Lipinski definition) is 1. The molecule has 0 saturated carbocycles. The number of aromatic nitrogens is 2. The van der Waals surface area contributed by atoms with Gasteiger partial charge in [-0.2, -0.15) is 5.10 Å². The van der Waals surface area contributed by atoms with Crippen molar-refractivity contribution in [1.82, 2.24) is 14.7 Å². The predicted octanol–water partition coefficient (Wildman–Crippen LogP) is 1.37. The van der Waals surface area contributed by atoms with Crippen LogP contribution in [0.1, 0.15) is 29.2 Å². The van der Waals surface area contributed by atoms with E-state index in [1.165, 1.54) is 0 Å². The summed E-state index contributed by atoms with van der Waals surface area (Å²) < 4.78 is 7.37. The van der Waals surface area contributed by atoms with Crippen LogP contribution in [0.3, 0.4) is 0 Å². The monoisotopic (exact) mass is 289 g/mol. The van der Waals surface area contributed by atoms with E-state index < -0.39 is 0 Å². The fourth-order valence-corrected chi connectivity index (χ4v) is 2.69. The summed E-state index contributed by atoms with van der Waals surface area (Å²) in [5, 5.41) is 13.3. The van der Waals surface area contributed by atoms with Crippen LogP contribution >= 0.6 is 0 Å². The predicted molar refractivity (Wildman–Crippen MR) is 75.8 cm³/mol. The van der Waals surface area contributed by atoms with Gasteiger partial charge < -0.3 is 14.4 Å². The van der Waals surface area contributed by atoms with E-state index >= 15 is 0 Å². The lowest BCUT2D eigenvalue weighted by Crippen LogP contribution is -2.40. The number of hydrogen-bond acceptors (Lipinski definition) is 4. The van der Waals surface area contributed by atoms with Gasteiger partial charge in [0.2, 0.25) is 0 Å². The average molecular weight is 289 g/mol. The molecule has 0 aliphatic carbocycles. The normalized spacial score (nSPS) is 18.9. The van der Waals surface area contributed by atoms with E-state index in [4.69, 9.17) is 4.42 Å². The van der Waals surface area contributed by atoms with Crippen LogP contribution in [0.2, 0.25) is 0 Å². The van der Waals surface area contributed by atoms with E-state index in [-0.39, 0.29) is 18.4 Å². The molecule has 1 unspecified atom stereocenters. The van der Waals surface area contributed by atoms with Crippen LogP contribution in [0.5, 0.6) is 0 Å². The van der Waals surface area contributed by atoms with Gasteiger partial charge >= 0.3 is 0 Å². The Balaban J connectivity index is 1.66. The molecule has 0 spiro atoms. The maximum Gasteiger partial charge on any atom is 0.289 e. The van der Waals surface area contributed by atoms with Gasteiger partial charge in [-0.05, 0) is 37.0 Å². The lowest BCUT2D eigenvalue weighted by molar-refractivity contribution is 0.0588. The number of likely N-dealkylation sites (tertiary alicyclic amines) is 1. The van der Waals surface area contributed by atoms with Crippen LogP contribution in [0, 0.1) is 5.92 Å². The number of amides is 1. The standard InChI is InChI=1S/C15H19N3O3/c19-11-12-3-1-7-17(9-12)15(20)14-5-4-13(21-14)10-18-8-2-6-16-18/h2,4-6,8,12,19H,1,3,7,9-11H2. The third kappa shape index (κ3) is 3.16. The highest BCUT2D eigenvalue weighted by Gasteiger charge is 2.25. The van der Waals surface area contributed by atoms with Gasteiger partial charge in [-0.25, -0.2) is 0 Å². The molecular formula is C15H19N3O3. The second kappa shape index (κ2) is 6.13. The van der Waals surface area contributed by atoms with Crippen LogP contribution in [-0.4, -0.2) is 45.4 Å². The SMILES string of the molecule is O=C(c1ccc(Cn2cccn2)o1)N1CCCC(CO)C1. The van der Waals surface area contributed by atoms with Crippen molar-refractivity contribution in [3.63, 3.8) is 0 Å². The summed E-state index contributed by atoms with van der Waals surface area (Å²) in [4.78, 5) is 14.2. The molecule has 2 aromatic heterocycles. The first-order valence-electron chi connectivity index (χ1n) is 7.22. The number of nitrogens with zero attached hydrogens (tertiary/aromatic N) is 3. The van der Waals surface area contributed by atoms with E-state index in [1.54, 1.807) is 21.8 Å². The van der Waals surface area contributed by atoms with Crippen molar-refractivity contribution in [2.24, 2.45) is 5.92 Å². The maximum atomic E-state index is 12.4. The minimum atomic E-state index is -0.0973. The zero-order valence-electron chi connectivity index (χ0n) is 11.8. The number of rotatable bonds is 4. The summed E-state index contributed by atoms with van der Waals surface area (Å²) in [5.41, 5.74) is 0. The van der Waals surface area contributed by atoms with Crippen molar-refractivity contribution >= 4 is 5.91 Å². The van der Waals surface area contributed by atoms with Crippen molar-refractivity contribution in [2.45, 2.75) is 19.4 Å². The van der Waals surface area contributed by atoms with Gasteiger partial charge in [0.1, 0.15) is 5.76 Å². The van der Waals surface area contributed by atoms with Gasteiger partial charge in [-0.1, -0.05) is 0 Å². The molecule has 0 radical (unpaired) electrons. The number of furan rings is 1. The summed E-state index contributed by atoms with van der Waals surface area (Å²) in [6, 6.07) is 5.36. The molecular weight excluding hydrogens is 270 g/mol. The van der Waals surface area contributed by atoms with E-state index in [2.05, 4.69) is 5.10 Å². The van der Waals surface area contributed by atoms with E-state index in [0.29, 0.717) is 24.6 Å². The Morgan fingerprint density at radius 3 is 3.14 bits per heavy atom. The summed E-state index contributed by atoms with van der Waals surface area (Å²) in [7, 11) is 0. The van der Waals surface area contributed by atoms with E-state index in [0.717, 1.165) is 19.4 Å². The molecule has 1 fully saturated rings. The van der Waals surface area contributed by atoms with Crippen molar-refractivity contribution in [3.05, 3.63) is 42.1 Å². The molecule has 1 saturated heterocycles. The van der Waals surface area contributed by atoms with Gasteiger partial charge in [0.05, 0.1) is 6.54 Å². The lowest BCUT2D eigenvalue weighted by atomic mass is 9.99. The molecule has 3 rings (SSSR count). The molecule has 6 nitrogen and oxygen atoms in total. The first kappa shape index (κ1) is 13.9. The summed E-state index contributed by atoms with van der Waals surface area (Å²) in [6.45, 7) is 1.97. The first-order chi connectivity index (χ1) is 10.3. The Morgan fingerprint density at radius 2 is 2.38 bits per heavy atom. The highest BCUT2D eigenvalue weighted by atomic mass is 16.4. The fraction of sp³-hybridized carbons (Fsp3) is 0.467. The molecule has 0 aromatic carbocycles. The molecule has 1 aliphatic heterocycles. The van der Waals surface area contributed by atoms with Crippen molar-refractivity contribution < 1.29 is 14.3 Å². The molecule has 112 valence electrons. The Bertz CT molecular complexity index is 591. The fourth-order valence-electron chi connectivity index (χ4n) is 2.69. The average Bonchev–Trinajstić information content (AvgIpc) is 3.19. The quantitative estimate of drug-likeness (QED) is 0.922. The second-order valence-corrected chi connectivity index (χ2v) is 5.41. The first-order valence-corrected chi connectivity index (χ1v) is 7.22. The lowest BCUT2D eigenvalue weighted by Gasteiger charge is -2.31. The maximum absolute atomic E-state index is 12.4. The zero-order chi connectivity index (χ0) is 14.7. The third-order valence-corrected chi connectivity index (χ3v) is 3.81. The molecule has 1 N–H and O–H groups in total. The Labute approximate surface area is 123 Å². The van der Waals surface area contributed by atoms with Crippen LogP contribution in [0.4, 0.5) is 0 Å². The van der Waals surface area contributed by atoms with Crippen LogP contribution in [0.15, 0.2) is 35.0 Å². The number of piperidine rings is 1. The molecule has 21 heavy (non-hydrogen) atoms. The van der Waals surface area contributed by atoms with E-state index in [9.17, 15) is 9.90 Å². The Kier molecular flexibility index (Phi) is 4.06. The van der Waals surface area contributed by atoms with Gasteiger partial charge in [-0.3, -0.25) is 9.48 Å². The molecule has 0 bridgehead atoms. The van der Waals surface area contributed by atoms with Crippen molar-refractivity contribution in [2.75, 3.05) is 19.7 Å². The van der Waals surface area contributed by atoms with Gasteiger partial charge in [0.25, 0.3) is 5.91 Å². The number of aliphatic hydroxyl groups is 1. The van der Waals surface area contributed by atoms with E-state index in [1.807, 2.05) is 18.3 Å². The largest absolute Gasteiger partial charge is 0.454 e. The van der Waals surface area contributed by atoms with Crippen molar-refractivity contribution in [1.29, 1.82) is 0 Å². The van der Waals surface area contributed by atoms with Crippen LogP contribution < -0.4 is 0 Å². The summed E-state index contributed by atoms with van der Waals surface area (Å²) in [6.07, 6.45) is 5.46. The summed E-state index contributed by atoms with van der Waals surface area (Å²) in [5.74, 6) is 1.15. The van der Waals surface area contributed by atoms with Gasteiger partial charge in [0, 0.05) is 32.1 Å². The van der Waals surface area contributed by atoms with Crippen molar-refractivity contribution in [3.8, 4) is 0 Å². The zero-order valence-corrected chi connectivity index (χ0v) is 11.8. The minimum absolute atomic E-state index is 0.0973. The third-order valence-electron chi connectivity index (χ3n) is 3.81. The smallest absolute Gasteiger partial charge is 0.289 e. The van der Waals surface area contributed by atoms with Crippen LogP contribution in [-0.2, 0) is 6.54 Å². The Hall–Kier alpha value is -2.08. The molecule has 1 atom stereocenters. The number of carbonyl (C=O) groups is 1. The highest BCUT2D eigenvalue weighted by molar-refractivity contribution is 5.91. The minimum Gasteiger partial charge on any atom is -0.454 e. The number of aliphatic hydroxyl groups excluding tert-OH is 1. The Morgan fingerprint density at radius 1 is 1.48 bits per heavy atom. The molecule has 6 heteroatoms.